The Morgan fingerprint density at radius 2 is 2.03 bits per heavy atom. The van der Waals surface area contributed by atoms with Crippen molar-refractivity contribution < 1.29 is 24.1 Å². The number of benzene rings is 1. The molecule has 3 fully saturated rings. The highest BCUT2D eigenvalue weighted by Crippen LogP contribution is 2.37. The highest BCUT2D eigenvalue weighted by molar-refractivity contribution is 5.69. The lowest BCUT2D eigenvalue weighted by atomic mass is 10.0. The van der Waals surface area contributed by atoms with Crippen molar-refractivity contribution in [3.05, 3.63) is 29.8 Å². The molecule has 2 aromatic rings. The fourth-order valence-corrected chi connectivity index (χ4v) is 5.67. The predicted octanol–water partition coefficient (Wildman–Crippen LogP) is 2.14. The minimum Gasteiger partial charge on any atom is -0.491 e. The highest BCUT2D eigenvalue weighted by Gasteiger charge is 2.43. The number of hydrogen-bond acceptors (Lipinski definition) is 10. The zero-order chi connectivity index (χ0) is 27.4. The number of nitrogens with one attached hydrogen (secondary N) is 2. The topological polar surface area (TPSA) is 121 Å². The molecule has 39 heavy (non-hydrogen) atoms. The van der Waals surface area contributed by atoms with Crippen LogP contribution in [-0.2, 0) is 9.47 Å². The second kappa shape index (κ2) is 12.4. The van der Waals surface area contributed by atoms with Crippen LogP contribution in [0.1, 0.15) is 18.9 Å². The second-order valence-corrected chi connectivity index (χ2v) is 10.6. The maximum Gasteiger partial charge on any atom is 0.409 e. The van der Waals surface area contributed by atoms with E-state index < -0.39 is 6.10 Å². The Bertz CT molecular complexity index is 1130. The summed E-state index contributed by atoms with van der Waals surface area (Å²) in [4.78, 5) is 26.4. The van der Waals surface area contributed by atoms with Crippen LogP contribution in [0.5, 0.6) is 5.75 Å². The van der Waals surface area contributed by atoms with Gasteiger partial charge in [-0.1, -0.05) is 12.1 Å². The number of carbonyl (C=O) groups excluding carboxylic acids is 1. The van der Waals surface area contributed by atoms with Gasteiger partial charge in [-0.3, -0.25) is 0 Å². The molecule has 3 unspecified atom stereocenters. The van der Waals surface area contributed by atoms with Crippen LogP contribution in [0.4, 0.5) is 16.4 Å². The molecule has 212 valence electrons. The molecule has 1 amide bonds. The van der Waals surface area contributed by atoms with Gasteiger partial charge in [0.05, 0.1) is 19.3 Å². The van der Waals surface area contributed by atoms with Gasteiger partial charge < -0.3 is 39.8 Å². The van der Waals surface area contributed by atoms with E-state index in [9.17, 15) is 9.90 Å². The minimum atomic E-state index is -0.598. The van der Waals surface area contributed by atoms with Crippen molar-refractivity contribution in [2.75, 3.05) is 76.4 Å². The SMILES string of the molecule is CCOC(=O)N1CC2CN(c3nc(-c4cccc(OCC(O)CNC)c4)nc(N[C@@H]4CCOC4)c3C)CC2C1. The van der Waals surface area contributed by atoms with E-state index in [0.29, 0.717) is 56.3 Å². The number of fused-ring (bicyclic) bond motifs is 1. The molecule has 11 nitrogen and oxygen atoms in total. The fraction of sp³-hybridized carbons (Fsp3) is 0.607. The van der Waals surface area contributed by atoms with Gasteiger partial charge in [0.25, 0.3) is 0 Å². The first-order valence-corrected chi connectivity index (χ1v) is 13.9. The van der Waals surface area contributed by atoms with Gasteiger partial charge in [-0.2, -0.15) is 0 Å². The van der Waals surface area contributed by atoms with Crippen molar-refractivity contribution in [3.8, 4) is 17.1 Å². The van der Waals surface area contributed by atoms with Crippen molar-refractivity contribution >= 4 is 17.7 Å². The summed E-state index contributed by atoms with van der Waals surface area (Å²) in [5.41, 5.74) is 1.85. The molecule has 3 saturated heterocycles. The summed E-state index contributed by atoms with van der Waals surface area (Å²) in [6.45, 7) is 9.43. The number of likely N-dealkylation sites (N-methyl/N-ethyl adjacent to an activating group) is 1. The molecular formula is C28H40N6O5. The molecule has 3 aliphatic rings. The Labute approximate surface area is 229 Å². The second-order valence-electron chi connectivity index (χ2n) is 10.6. The lowest BCUT2D eigenvalue weighted by molar-refractivity contribution is 0.108. The summed E-state index contributed by atoms with van der Waals surface area (Å²) in [5, 5.41) is 16.6. The molecule has 1 aromatic heterocycles. The number of aromatic nitrogens is 2. The van der Waals surface area contributed by atoms with Crippen LogP contribution in [0.15, 0.2) is 24.3 Å². The largest absolute Gasteiger partial charge is 0.491 e. The van der Waals surface area contributed by atoms with E-state index in [0.717, 1.165) is 48.9 Å². The molecule has 3 N–H and O–H groups in total. The summed E-state index contributed by atoms with van der Waals surface area (Å²) in [7, 11) is 1.80. The normalized spacial score (nSPS) is 23.1. The molecule has 3 aliphatic heterocycles. The molecular weight excluding hydrogens is 500 g/mol. The maximum absolute atomic E-state index is 12.3. The number of likely N-dealkylation sites (tertiary alicyclic amines) is 1. The van der Waals surface area contributed by atoms with E-state index in [1.165, 1.54) is 0 Å². The van der Waals surface area contributed by atoms with Crippen LogP contribution in [0.25, 0.3) is 11.4 Å². The first kappa shape index (κ1) is 27.4. The van der Waals surface area contributed by atoms with Crippen LogP contribution in [0.2, 0.25) is 0 Å². The number of nitrogens with zero attached hydrogens (tertiary/aromatic N) is 4. The number of amides is 1. The van der Waals surface area contributed by atoms with Crippen LogP contribution in [-0.4, -0.2) is 104 Å². The smallest absolute Gasteiger partial charge is 0.409 e. The molecule has 0 aliphatic carbocycles. The number of ether oxygens (including phenoxy) is 3. The van der Waals surface area contributed by atoms with Crippen LogP contribution in [0.3, 0.4) is 0 Å². The molecule has 0 radical (unpaired) electrons. The first-order chi connectivity index (χ1) is 18.9. The van der Waals surface area contributed by atoms with Gasteiger partial charge in [-0.15, -0.1) is 0 Å². The quantitative estimate of drug-likeness (QED) is 0.413. The fourth-order valence-electron chi connectivity index (χ4n) is 5.67. The summed E-state index contributed by atoms with van der Waals surface area (Å²) in [6, 6.07) is 7.89. The van der Waals surface area contributed by atoms with E-state index in [-0.39, 0.29) is 18.7 Å². The molecule has 4 atom stereocenters. The lowest BCUT2D eigenvalue weighted by Gasteiger charge is -2.25. The average molecular weight is 541 g/mol. The third-order valence-electron chi connectivity index (χ3n) is 7.68. The Morgan fingerprint density at radius 1 is 1.23 bits per heavy atom. The number of rotatable bonds is 10. The zero-order valence-corrected chi connectivity index (χ0v) is 23.1. The van der Waals surface area contributed by atoms with E-state index >= 15 is 0 Å². The summed E-state index contributed by atoms with van der Waals surface area (Å²) in [6.07, 6.45) is 0.119. The molecule has 0 bridgehead atoms. The number of aliphatic hydroxyl groups is 1. The predicted molar refractivity (Wildman–Crippen MR) is 148 cm³/mol. The average Bonchev–Trinajstić information content (AvgIpc) is 3.67. The number of aliphatic hydroxyl groups excluding tert-OH is 1. The van der Waals surface area contributed by atoms with Crippen LogP contribution in [0, 0.1) is 18.8 Å². The monoisotopic (exact) mass is 540 g/mol. The number of anilines is 2. The molecule has 11 heteroatoms. The van der Waals surface area contributed by atoms with E-state index in [4.69, 9.17) is 24.2 Å². The van der Waals surface area contributed by atoms with E-state index in [1.54, 1.807) is 7.05 Å². The van der Waals surface area contributed by atoms with Crippen molar-refractivity contribution in [1.82, 2.24) is 20.2 Å². The van der Waals surface area contributed by atoms with Gasteiger partial charge in [0.15, 0.2) is 5.82 Å². The molecule has 0 spiro atoms. The molecule has 0 saturated carbocycles. The zero-order valence-electron chi connectivity index (χ0n) is 23.1. The number of hydrogen-bond donors (Lipinski definition) is 3. The lowest BCUT2D eigenvalue weighted by Crippen LogP contribution is -2.34. The standard InChI is InChI=1S/C28H40N6O5/c1-4-38-28(36)34-14-20-12-33(13-21(20)15-34)27-18(2)25(30-22-8-9-37-16-22)31-26(32-27)19-6-5-7-24(10-19)39-17-23(35)11-29-3/h5-7,10,20-23,29,35H,4,8-9,11-17H2,1-3H3,(H,30,31,32)/t20?,21?,22-,23?/m1/s1. The van der Waals surface area contributed by atoms with Gasteiger partial charge in [-0.05, 0) is 39.4 Å². The van der Waals surface area contributed by atoms with Crippen LogP contribution >= 0.6 is 0 Å². The highest BCUT2D eigenvalue weighted by atomic mass is 16.6. The van der Waals surface area contributed by atoms with Gasteiger partial charge in [0.2, 0.25) is 0 Å². The van der Waals surface area contributed by atoms with Gasteiger partial charge in [0.1, 0.15) is 30.1 Å². The number of carbonyl (C=O) groups is 1. The summed E-state index contributed by atoms with van der Waals surface area (Å²) >= 11 is 0. The van der Waals surface area contributed by atoms with Crippen molar-refractivity contribution in [2.45, 2.75) is 32.4 Å². The third-order valence-corrected chi connectivity index (χ3v) is 7.68. The summed E-state index contributed by atoms with van der Waals surface area (Å²) < 4.78 is 16.7. The first-order valence-electron chi connectivity index (χ1n) is 13.9. The van der Waals surface area contributed by atoms with E-state index in [2.05, 4.69) is 22.5 Å². The van der Waals surface area contributed by atoms with Gasteiger partial charge in [-0.25, -0.2) is 14.8 Å². The van der Waals surface area contributed by atoms with E-state index in [1.807, 2.05) is 36.1 Å². The van der Waals surface area contributed by atoms with Crippen LogP contribution < -0.4 is 20.3 Å². The summed E-state index contributed by atoms with van der Waals surface area (Å²) in [5.74, 6) is 3.76. The molecule has 1 aromatic carbocycles. The molecule has 4 heterocycles. The van der Waals surface area contributed by atoms with Crippen molar-refractivity contribution in [1.29, 1.82) is 0 Å². The minimum absolute atomic E-state index is 0.193. The Hall–Kier alpha value is -3.15. The van der Waals surface area contributed by atoms with Gasteiger partial charge in [0, 0.05) is 62.3 Å². The Balaban J connectivity index is 1.39. The van der Waals surface area contributed by atoms with Crippen molar-refractivity contribution in [3.63, 3.8) is 0 Å². The van der Waals surface area contributed by atoms with Gasteiger partial charge >= 0.3 is 6.09 Å². The maximum atomic E-state index is 12.3. The van der Waals surface area contributed by atoms with Crippen molar-refractivity contribution in [2.24, 2.45) is 11.8 Å². The molecule has 5 rings (SSSR count). The Morgan fingerprint density at radius 3 is 2.72 bits per heavy atom. The Kier molecular flexibility index (Phi) is 8.69. The third kappa shape index (κ3) is 6.37.